The Morgan fingerprint density at radius 1 is 1.20 bits per heavy atom. The number of benzene rings is 2. The molecule has 0 spiro atoms. The minimum atomic E-state index is -0.441. The number of methoxy groups -OCH3 is 1. The molecule has 106 valence electrons. The summed E-state index contributed by atoms with van der Waals surface area (Å²) in [6.07, 6.45) is 0. The number of ether oxygens (including phenoxy) is 2. The molecule has 20 heavy (non-hydrogen) atoms. The highest BCUT2D eigenvalue weighted by atomic mass is 79.9. The largest absolute Gasteiger partial charge is 0.497 e. The normalized spacial score (nSPS) is 10.4. The minimum absolute atomic E-state index is 0.0985. The number of hydrogen-bond acceptors (Lipinski definition) is 2. The molecule has 2 rings (SSSR count). The molecule has 0 heterocycles. The predicted octanol–water partition coefficient (Wildman–Crippen LogP) is 4.96. The predicted molar refractivity (Wildman–Crippen MR) is 81.4 cm³/mol. The van der Waals surface area contributed by atoms with Crippen molar-refractivity contribution >= 4 is 27.5 Å². The summed E-state index contributed by atoms with van der Waals surface area (Å²) in [7, 11) is 1.61. The van der Waals surface area contributed by atoms with Crippen LogP contribution in [0.15, 0.2) is 36.4 Å². The van der Waals surface area contributed by atoms with Crippen LogP contribution in [0.3, 0.4) is 0 Å². The highest BCUT2D eigenvalue weighted by molar-refractivity contribution is 9.08. The fourth-order valence-electron chi connectivity index (χ4n) is 1.74. The molecule has 0 saturated carbocycles. The summed E-state index contributed by atoms with van der Waals surface area (Å²) >= 11 is 9.30. The summed E-state index contributed by atoms with van der Waals surface area (Å²) in [5, 5.41) is 0.734. The Morgan fingerprint density at radius 3 is 2.70 bits per heavy atom. The topological polar surface area (TPSA) is 18.5 Å². The summed E-state index contributed by atoms with van der Waals surface area (Å²) < 4.78 is 24.2. The third kappa shape index (κ3) is 3.44. The average molecular weight is 360 g/mol. The van der Waals surface area contributed by atoms with Crippen LogP contribution in [-0.4, -0.2) is 7.11 Å². The lowest BCUT2D eigenvalue weighted by atomic mass is 10.2. The van der Waals surface area contributed by atoms with Gasteiger partial charge >= 0.3 is 0 Å². The van der Waals surface area contributed by atoms with Gasteiger partial charge in [-0.25, -0.2) is 4.39 Å². The molecule has 0 N–H and O–H groups in total. The van der Waals surface area contributed by atoms with Crippen LogP contribution >= 0.6 is 27.5 Å². The van der Waals surface area contributed by atoms with Gasteiger partial charge in [0, 0.05) is 16.5 Å². The SMILES string of the molecule is COc1ccc(OCc2cccc(F)c2Cl)c(CBr)c1. The van der Waals surface area contributed by atoms with Crippen molar-refractivity contribution in [2.75, 3.05) is 7.11 Å². The number of alkyl halides is 1. The van der Waals surface area contributed by atoms with Gasteiger partial charge in [0.2, 0.25) is 0 Å². The molecule has 0 aliphatic heterocycles. The summed E-state index contributed by atoms with van der Waals surface area (Å²) in [5.74, 6) is 1.03. The van der Waals surface area contributed by atoms with Gasteiger partial charge in [-0.05, 0) is 24.3 Å². The van der Waals surface area contributed by atoms with Gasteiger partial charge in [0.25, 0.3) is 0 Å². The van der Waals surface area contributed by atoms with E-state index in [0.717, 1.165) is 11.3 Å². The van der Waals surface area contributed by atoms with E-state index in [4.69, 9.17) is 21.1 Å². The Labute approximate surface area is 130 Å². The zero-order valence-corrected chi connectivity index (χ0v) is 13.2. The fourth-order valence-corrected chi connectivity index (χ4v) is 2.36. The Bertz CT molecular complexity index is 604. The maximum Gasteiger partial charge on any atom is 0.142 e. The monoisotopic (exact) mass is 358 g/mol. The van der Waals surface area contributed by atoms with Gasteiger partial charge in [-0.2, -0.15) is 0 Å². The van der Waals surface area contributed by atoms with Crippen LogP contribution in [0.4, 0.5) is 4.39 Å². The first-order valence-corrected chi connectivity index (χ1v) is 7.44. The third-order valence-corrected chi connectivity index (χ3v) is 3.85. The first-order chi connectivity index (χ1) is 9.65. The van der Waals surface area contributed by atoms with E-state index < -0.39 is 5.82 Å². The Kier molecular flexibility index (Phi) is 5.26. The van der Waals surface area contributed by atoms with E-state index in [1.807, 2.05) is 18.2 Å². The smallest absolute Gasteiger partial charge is 0.142 e. The molecule has 0 unspecified atom stereocenters. The summed E-state index contributed by atoms with van der Waals surface area (Å²) in [6, 6.07) is 10.2. The molecule has 0 aliphatic rings. The van der Waals surface area contributed by atoms with Crippen LogP contribution < -0.4 is 9.47 Å². The number of halogens is 3. The van der Waals surface area contributed by atoms with Crippen LogP contribution in [0, 0.1) is 5.82 Å². The van der Waals surface area contributed by atoms with Crippen molar-refractivity contribution in [3.63, 3.8) is 0 Å². The highest BCUT2D eigenvalue weighted by Gasteiger charge is 2.09. The molecule has 0 radical (unpaired) electrons. The molecule has 2 aromatic carbocycles. The van der Waals surface area contributed by atoms with Crippen LogP contribution in [0.1, 0.15) is 11.1 Å². The second-order valence-electron chi connectivity index (χ2n) is 4.11. The van der Waals surface area contributed by atoms with E-state index in [-0.39, 0.29) is 11.6 Å². The molecule has 0 amide bonds. The van der Waals surface area contributed by atoms with Gasteiger partial charge in [-0.15, -0.1) is 0 Å². The molecule has 2 nitrogen and oxygen atoms in total. The molecule has 5 heteroatoms. The molecule has 0 aliphatic carbocycles. The molecule has 0 saturated heterocycles. The maximum atomic E-state index is 13.3. The summed E-state index contributed by atoms with van der Waals surface area (Å²) in [5.41, 5.74) is 1.57. The van der Waals surface area contributed by atoms with Crippen molar-refractivity contribution in [3.05, 3.63) is 58.4 Å². The Morgan fingerprint density at radius 2 is 2.00 bits per heavy atom. The third-order valence-electron chi connectivity index (χ3n) is 2.83. The first kappa shape index (κ1) is 15.1. The lowest BCUT2D eigenvalue weighted by Gasteiger charge is -2.12. The van der Waals surface area contributed by atoms with Crippen molar-refractivity contribution in [2.45, 2.75) is 11.9 Å². The lowest BCUT2D eigenvalue weighted by Crippen LogP contribution is -2.00. The van der Waals surface area contributed by atoms with E-state index in [0.29, 0.717) is 16.6 Å². The maximum absolute atomic E-state index is 13.3. The summed E-state index contributed by atoms with van der Waals surface area (Å²) in [4.78, 5) is 0. The Balaban J connectivity index is 2.16. The van der Waals surface area contributed by atoms with E-state index in [1.54, 1.807) is 19.2 Å². The van der Waals surface area contributed by atoms with Crippen LogP contribution in [0.5, 0.6) is 11.5 Å². The van der Waals surface area contributed by atoms with Crippen molar-refractivity contribution in [2.24, 2.45) is 0 Å². The Hall–Kier alpha value is -1.26. The van der Waals surface area contributed by atoms with Gasteiger partial charge in [0.1, 0.15) is 23.9 Å². The minimum Gasteiger partial charge on any atom is -0.497 e. The fraction of sp³-hybridized carbons (Fsp3) is 0.200. The molecule has 0 fully saturated rings. The van der Waals surface area contributed by atoms with Crippen molar-refractivity contribution in [3.8, 4) is 11.5 Å². The standard InChI is InChI=1S/C15H13BrClFO2/c1-19-12-5-6-14(11(7-12)8-16)20-9-10-3-2-4-13(18)15(10)17/h2-7H,8-9H2,1H3. The van der Waals surface area contributed by atoms with Gasteiger partial charge in [-0.3, -0.25) is 0 Å². The van der Waals surface area contributed by atoms with Gasteiger partial charge in [0.05, 0.1) is 12.1 Å². The number of hydrogen-bond donors (Lipinski definition) is 0. The van der Waals surface area contributed by atoms with Crippen LogP contribution in [0.25, 0.3) is 0 Å². The molecule has 0 bridgehead atoms. The zero-order chi connectivity index (χ0) is 14.5. The van der Waals surface area contributed by atoms with Crippen LogP contribution in [-0.2, 0) is 11.9 Å². The van der Waals surface area contributed by atoms with E-state index >= 15 is 0 Å². The van der Waals surface area contributed by atoms with Crippen molar-refractivity contribution < 1.29 is 13.9 Å². The second kappa shape index (κ2) is 6.95. The van der Waals surface area contributed by atoms with Crippen molar-refractivity contribution in [1.29, 1.82) is 0 Å². The molecule has 0 atom stereocenters. The molecule has 0 aromatic heterocycles. The molecular formula is C15H13BrClFO2. The van der Waals surface area contributed by atoms with Gasteiger partial charge in [0.15, 0.2) is 0 Å². The molecule has 2 aromatic rings. The quantitative estimate of drug-likeness (QED) is 0.702. The van der Waals surface area contributed by atoms with E-state index in [9.17, 15) is 4.39 Å². The molecular weight excluding hydrogens is 347 g/mol. The van der Waals surface area contributed by atoms with Crippen LogP contribution in [0.2, 0.25) is 5.02 Å². The average Bonchev–Trinajstić information content (AvgIpc) is 2.48. The highest BCUT2D eigenvalue weighted by Crippen LogP contribution is 2.28. The van der Waals surface area contributed by atoms with Crippen molar-refractivity contribution in [1.82, 2.24) is 0 Å². The zero-order valence-electron chi connectivity index (χ0n) is 10.8. The second-order valence-corrected chi connectivity index (χ2v) is 5.05. The van der Waals surface area contributed by atoms with E-state index in [2.05, 4.69) is 15.9 Å². The number of rotatable bonds is 5. The first-order valence-electron chi connectivity index (χ1n) is 5.94. The van der Waals surface area contributed by atoms with Gasteiger partial charge < -0.3 is 9.47 Å². The summed E-state index contributed by atoms with van der Waals surface area (Å²) in [6.45, 7) is 0.211. The van der Waals surface area contributed by atoms with E-state index in [1.165, 1.54) is 6.07 Å². The lowest BCUT2D eigenvalue weighted by molar-refractivity contribution is 0.302. The van der Waals surface area contributed by atoms with Gasteiger partial charge in [-0.1, -0.05) is 39.7 Å².